The van der Waals surface area contributed by atoms with Crippen LogP contribution in [0.1, 0.15) is 26.2 Å². The van der Waals surface area contributed by atoms with Crippen LogP contribution in [0.4, 0.5) is 10.5 Å². The van der Waals surface area contributed by atoms with Crippen molar-refractivity contribution in [1.82, 2.24) is 14.7 Å². The normalized spacial score (nSPS) is 21.1. The van der Waals surface area contributed by atoms with Gasteiger partial charge in [-0.05, 0) is 37.9 Å². The number of rotatable bonds is 6. The Hall–Kier alpha value is -2.74. The average molecular weight is 372 g/mol. The summed E-state index contributed by atoms with van der Waals surface area (Å²) in [6.45, 7) is 3.24. The molecule has 3 rings (SSSR count). The molecule has 8 heteroatoms. The molecule has 0 saturated carbocycles. The van der Waals surface area contributed by atoms with Gasteiger partial charge in [0, 0.05) is 18.8 Å². The van der Waals surface area contributed by atoms with E-state index in [1.807, 2.05) is 42.2 Å². The van der Waals surface area contributed by atoms with E-state index in [1.54, 1.807) is 0 Å². The van der Waals surface area contributed by atoms with Crippen molar-refractivity contribution >= 4 is 29.4 Å². The summed E-state index contributed by atoms with van der Waals surface area (Å²) in [6, 6.07) is 8.68. The summed E-state index contributed by atoms with van der Waals surface area (Å²) in [5.74, 6) is -1.86. The molecule has 0 aliphatic carbocycles. The molecule has 1 aromatic carbocycles. The van der Waals surface area contributed by atoms with E-state index in [-0.39, 0.29) is 25.0 Å². The Labute approximate surface area is 158 Å². The summed E-state index contributed by atoms with van der Waals surface area (Å²) in [7, 11) is 0. The third-order valence-corrected chi connectivity index (χ3v) is 4.84. The monoisotopic (exact) mass is 372 g/mol. The van der Waals surface area contributed by atoms with Gasteiger partial charge in [0.05, 0.1) is 12.6 Å². The van der Waals surface area contributed by atoms with Crippen molar-refractivity contribution in [1.29, 1.82) is 0 Å². The first kappa shape index (κ1) is 19.0. The van der Waals surface area contributed by atoms with E-state index in [0.29, 0.717) is 19.5 Å². The zero-order valence-electron chi connectivity index (χ0n) is 15.4. The van der Waals surface area contributed by atoms with Crippen LogP contribution in [0, 0.1) is 5.92 Å². The third-order valence-electron chi connectivity index (χ3n) is 4.84. The van der Waals surface area contributed by atoms with Gasteiger partial charge in [-0.15, -0.1) is 0 Å². The lowest BCUT2D eigenvalue weighted by Gasteiger charge is -2.33. The first-order valence-corrected chi connectivity index (χ1v) is 9.27. The number of hydrogen-bond donors (Lipinski definition) is 1. The Morgan fingerprint density at radius 3 is 2.52 bits per heavy atom. The smallest absolute Gasteiger partial charge is 0.326 e. The van der Waals surface area contributed by atoms with Crippen molar-refractivity contribution < 1.29 is 19.2 Å². The summed E-state index contributed by atoms with van der Waals surface area (Å²) in [5.41, 5.74) is 0.741. The van der Waals surface area contributed by atoms with Gasteiger partial charge in [-0.1, -0.05) is 25.1 Å². The van der Waals surface area contributed by atoms with Gasteiger partial charge >= 0.3 is 17.8 Å². The summed E-state index contributed by atoms with van der Waals surface area (Å²) in [5, 5.41) is 2.90. The molecular weight excluding hydrogens is 348 g/mol. The second-order valence-electron chi connectivity index (χ2n) is 6.89. The number of carbonyl (C=O) groups excluding carboxylic acids is 4. The Bertz CT molecular complexity index is 736. The van der Waals surface area contributed by atoms with Gasteiger partial charge in [0.15, 0.2) is 0 Å². The van der Waals surface area contributed by atoms with Crippen molar-refractivity contribution in [3.8, 4) is 0 Å². The molecule has 2 aliphatic rings. The molecule has 0 radical (unpaired) electrons. The minimum atomic E-state index is -0.788. The summed E-state index contributed by atoms with van der Waals surface area (Å²) in [4.78, 5) is 52.8. The molecule has 8 nitrogen and oxygen atoms in total. The Kier molecular flexibility index (Phi) is 5.85. The molecule has 0 spiro atoms. The number of benzene rings is 1. The fraction of sp³-hybridized carbons (Fsp3) is 0.474. The number of para-hydroxylation sites is 1. The highest BCUT2D eigenvalue weighted by molar-refractivity contribution is 6.44. The van der Waals surface area contributed by atoms with Gasteiger partial charge in [0.25, 0.3) is 0 Å². The highest BCUT2D eigenvalue weighted by atomic mass is 16.2. The maximum atomic E-state index is 12.5. The standard InChI is InChI=1S/C19H24N4O4/c1-2-10-22-17(25)18(26)23(19(22)27)13-21-11-6-7-14(12-21)16(24)20-15-8-4-3-5-9-15/h3-5,8-9,14H,2,6-7,10-13H2,1H3,(H,20,24)/t14-/m1/s1. The number of anilines is 1. The number of nitrogens with one attached hydrogen (secondary N) is 1. The molecule has 0 bridgehead atoms. The molecule has 0 unspecified atom stereocenters. The minimum Gasteiger partial charge on any atom is -0.326 e. The van der Waals surface area contributed by atoms with Crippen LogP contribution < -0.4 is 5.32 Å². The fourth-order valence-corrected chi connectivity index (χ4v) is 3.46. The first-order valence-electron chi connectivity index (χ1n) is 9.27. The van der Waals surface area contributed by atoms with Gasteiger partial charge in [-0.25, -0.2) is 9.69 Å². The SMILES string of the molecule is CCCN1C(=O)C(=O)N(CN2CCC[C@@H](C(=O)Nc3ccccc3)C2)C1=O. The van der Waals surface area contributed by atoms with Crippen LogP contribution in [0.5, 0.6) is 0 Å². The zero-order valence-corrected chi connectivity index (χ0v) is 15.4. The van der Waals surface area contributed by atoms with Crippen LogP contribution in [-0.4, -0.2) is 64.8 Å². The van der Waals surface area contributed by atoms with Gasteiger partial charge in [0.2, 0.25) is 5.91 Å². The van der Waals surface area contributed by atoms with E-state index >= 15 is 0 Å². The zero-order chi connectivity index (χ0) is 19.4. The maximum Gasteiger partial charge on any atom is 0.335 e. The van der Waals surface area contributed by atoms with E-state index in [1.165, 1.54) is 0 Å². The van der Waals surface area contributed by atoms with Crippen LogP contribution in [0.2, 0.25) is 0 Å². The molecule has 1 atom stereocenters. The predicted octanol–water partition coefficient (Wildman–Crippen LogP) is 1.50. The van der Waals surface area contributed by atoms with E-state index in [9.17, 15) is 19.2 Å². The topological polar surface area (TPSA) is 90.0 Å². The van der Waals surface area contributed by atoms with Gasteiger partial charge in [0.1, 0.15) is 0 Å². The number of hydrogen-bond acceptors (Lipinski definition) is 5. The van der Waals surface area contributed by atoms with Crippen molar-refractivity contribution in [2.45, 2.75) is 26.2 Å². The molecule has 2 heterocycles. The number of imide groups is 2. The molecule has 2 saturated heterocycles. The van der Waals surface area contributed by atoms with E-state index < -0.39 is 17.8 Å². The van der Waals surface area contributed by atoms with Crippen molar-refractivity contribution in [3.63, 3.8) is 0 Å². The average Bonchev–Trinajstić information content (AvgIpc) is 2.87. The van der Waals surface area contributed by atoms with E-state index in [0.717, 1.165) is 28.3 Å². The number of likely N-dealkylation sites (tertiary alicyclic amines) is 1. The highest BCUT2D eigenvalue weighted by Crippen LogP contribution is 2.21. The highest BCUT2D eigenvalue weighted by Gasteiger charge is 2.44. The second kappa shape index (κ2) is 8.30. The molecule has 2 aliphatic heterocycles. The van der Waals surface area contributed by atoms with Crippen LogP contribution in [-0.2, 0) is 14.4 Å². The number of urea groups is 1. The van der Waals surface area contributed by atoms with Crippen LogP contribution in [0.3, 0.4) is 0 Å². The quantitative estimate of drug-likeness (QED) is 0.604. The number of nitrogens with zero attached hydrogens (tertiary/aromatic N) is 3. The fourth-order valence-electron chi connectivity index (χ4n) is 3.46. The van der Waals surface area contributed by atoms with Crippen LogP contribution >= 0.6 is 0 Å². The maximum absolute atomic E-state index is 12.5. The van der Waals surface area contributed by atoms with Crippen LogP contribution in [0.15, 0.2) is 30.3 Å². The van der Waals surface area contributed by atoms with Crippen molar-refractivity contribution in [2.24, 2.45) is 5.92 Å². The van der Waals surface area contributed by atoms with Gasteiger partial charge < -0.3 is 5.32 Å². The van der Waals surface area contributed by atoms with Gasteiger partial charge in [-0.2, -0.15) is 0 Å². The number of amides is 5. The lowest BCUT2D eigenvalue weighted by molar-refractivity contribution is -0.144. The van der Waals surface area contributed by atoms with Gasteiger partial charge in [-0.3, -0.25) is 24.2 Å². The first-order chi connectivity index (χ1) is 13.0. The van der Waals surface area contributed by atoms with E-state index in [2.05, 4.69) is 5.32 Å². The van der Waals surface area contributed by atoms with Crippen molar-refractivity contribution in [3.05, 3.63) is 30.3 Å². The lowest BCUT2D eigenvalue weighted by atomic mass is 9.97. The summed E-state index contributed by atoms with van der Waals surface area (Å²) < 4.78 is 0. The third kappa shape index (κ3) is 4.16. The lowest BCUT2D eigenvalue weighted by Crippen LogP contribution is -2.48. The molecule has 27 heavy (non-hydrogen) atoms. The predicted molar refractivity (Wildman–Crippen MR) is 98.5 cm³/mol. The molecule has 5 amide bonds. The largest absolute Gasteiger partial charge is 0.335 e. The molecule has 1 N–H and O–H groups in total. The molecule has 2 fully saturated rings. The Balaban J connectivity index is 1.60. The summed E-state index contributed by atoms with van der Waals surface area (Å²) in [6.07, 6.45) is 2.14. The number of piperidine rings is 1. The molecule has 0 aromatic heterocycles. The number of carbonyl (C=O) groups is 4. The van der Waals surface area contributed by atoms with E-state index in [4.69, 9.17) is 0 Å². The molecule has 1 aromatic rings. The Morgan fingerprint density at radius 2 is 1.81 bits per heavy atom. The second-order valence-corrected chi connectivity index (χ2v) is 6.89. The molecule has 144 valence electrons. The molecular formula is C19H24N4O4. The van der Waals surface area contributed by atoms with Crippen LogP contribution in [0.25, 0.3) is 0 Å². The van der Waals surface area contributed by atoms with Crippen molar-refractivity contribution in [2.75, 3.05) is 31.6 Å². The minimum absolute atomic E-state index is 0.0404. The Morgan fingerprint density at radius 1 is 1.11 bits per heavy atom. The summed E-state index contributed by atoms with van der Waals surface area (Å²) >= 11 is 0.